The van der Waals surface area contributed by atoms with Crippen LogP contribution in [0.5, 0.6) is 5.75 Å². The van der Waals surface area contributed by atoms with E-state index in [1.807, 2.05) is 0 Å². The number of nitrogens with zero attached hydrogens (tertiary/aromatic N) is 3. The first-order chi connectivity index (χ1) is 19.6. The van der Waals surface area contributed by atoms with Crippen LogP contribution in [0.1, 0.15) is 29.0 Å². The van der Waals surface area contributed by atoms with Gasteiger partial charge in [-0.1, -0.05) is 29.5 Å². The summed E-state index contributed by atoms with van der Waals surface area (Å²) in [5, 5.41) is 18.6. The number of ketones is 1. The molecule has 0 spiro atoms. The SMILES string of the molecule is CS(=O)(=O)c1ccc(COc2ccc3oc(C(=O)CC(CCn4nnc5ccccc5c4=O)C(=O)O)cc3c2)cc1. The Morgan fingerprint density at radius 2 is 1.80 bits per heavy atom. The number of ether oxygens (including phenoxy) is 1. The zero-order chi connectivity index (χ0) is 29.1. The first kappa shape index (κ1) is 27.7. The molecular weight excluding hydrogens is 550 g/mol. The second-order valence-electron chi connectivity index (χ2n) is 9.60. The maximum atomic E-state index is 12.9. The second kappa shape index (κ2) is 11.3. The molecule has 41 heavy (non-hydrogen) atoms. The molecule has 1 unspecified atom stereocenters. The number of furan rings is 1. The number of sulfone groups is 1. The fourth-order valence-electron chi connectivity index (χ4n) is 4.33. The van der Waals surface area contributed by atoms with Gasteiger partial charge in [-0.25, -0.2) is 13.1 Å². The monoisotopic (exact) mass is 575 g/mol. The van der Waals surface area contributed by atoms with Gasteiger partial charge in [0.05, 0.1) is 16.2 Å². The van der Waals surface area contributed by atoms with Crippen molar-refractivity contribution in [1.29, 1.82) is 0 Å². The zero-order valence-electron chi connectivity index (χ0n) is 21.9. The number of carbonyl (C=O) groups excluding carboxylic acids is 1. The normalized spacial score (nSPS) is 12.4. The minimum atomic E-state index is -3.28. The average Bonchev–Trinajstić information content (AvgIpc) is 3.38. The third kappa shape index (κ3) is 6.33. The lowest BCUT2D eigenvalue weighted by Gasteiger charge is -2.11. The molecular formula is C29H25N3O8S. The number of aliphatic carboxylic acids is 1. The predicted molar refractivity (Wildman–Crippen MR) is 149 cm³/mol. The van der Waals surface area contributed by atoms with Crippen LogP contribution in [-0.2, 0) is 27.8 Å². The molecule has 0 fully saturated rings. The second-order valence-corrected chi connectivity index (χ2v) is 11.6. The molecule has 0 amide bonds. The molecule has 0 saturated heterocycles. The van der Waals surface area contributed by atoms with E-state index in [4.69, 9.17) is 9.15 Å². The summed E-state index contributed by atoms with van der Waals surface area (Å²) in [5.41, 5.74) is 1.27. The van der Waals surface area contributed by atoms with Crippen LogP contribution >= 0.6 is 0 Å². The van der Waals surface area contributed by atoms with Crippen LogP contribution in [0.25, 0.3) is 21.9 Å². The molecule has 12 heteroatoms. The maximum Gasteiger partial charge on any atom is 0.307 e. The Morgan fingerprint density at radius 3 is 2.54 bits per heavy atom. The summed E-state index contributed by atoms with van der Waals surface area (Å²) in [6, 6.07) is 19.7. The lowest BCUT2D eigenvalue weighted by atomic mass is 9.98. The predicted octanol–water partition coefficient (Wildman–Crippen LogP) is 3.88. The van der Waals surface area contributed by atoms with Gasteiger partial charge in [-0.15, -0.1) is 5.10 Å². The standard InChI is InChI=1S/C29H25N3O8S/c1-41(37,38)22-9-6-18(7-10-22)17-39-21-8-11-26-20(14-21)16-27(40-26)25(33)15-19(29(35)36)12-13-32-28(34)23-4-2-3-5-24(23)30-31-32/h2-11,14,16,19H,12-13,15,17H2,1H3,(H,35,36). The number of carboxylic acids is 1. The molecule has 2 aromatic heterocycles. The highest BCUT2D eigenvalue weighted by atomic mass is 32.2. The molecule has 1 atom stereocenters. The number of carbonyl (C=O) groups is 2. The first-order valence-electron chi connectivity index (χ1n) is 12.6. The number of Topliss-reactive ketones (excluding diaryl/α,β-unsaturated/α-hetero) is 1. The van der Waals surface area contributed by atoms with Crippen molar-refractivity contribution < 1.29 is 32.3 Å². The van der Waals surface area contributed by atoms with Crippen molar-refractivity contribution in [3.8, 4) is 5.75 Å². The molecule has 0 aliphatic rings. The van der Waals surface area contributed by atoms with Crippen molar-refractivity contribution in [2.24, 2.45) is 5.92 Å². The third-order valence-corrected chi connectivity index (χ3v) is 7.75. The summed E-state index contributed by atoms with van der Waals surface area (Å²) < 4.78 is 35.8. The quantitative estimate of drug-likeness (QED) is 0.229. The van der Waals surface area contributed by atoms with Gasteiger partial charge in [0.2, 0.25) is 0 Å². The van der Waals surface area contributed by atoms with Gasteiger partial charge in [-0.2, -0.15) is 0 Å². The summed E-state index contributed by atoms with van der Waals surface area (Å²) in [6.07, 6.45) is 0.818. The Bertz CT molecular complexity index is 1930. The van der Waals surface area contributed by atoms with Crippen LogP contribution in [0.4, 0.5) is 0 Å². The molecule has 0 aliphatic heterocycles. The van der Waals surface area contributed by atoms with Gasteiger partial charge in [0.25, 0.3) is 5.56 Å². The number of carboxylic acid groups (broad SMARTS) is 1. The van der Waals surface area contributed by atoms with Gasteiger partial charge < -0.3 is 14.3 Å². The zero-order valence-corrected chi connectivity index (χ0v) is 22.7. The number of benzene rings is 3. The van der Waals surface area contributed by atoms with Crippen molar-refractivity contribution in [3.05, 3.63) is 94.5 Å². The Labute approximate surface area is 233 Å². The van der Waals surface area contributed by atoms with Gasteiger partial charge in [-0.3, -0.25) is 14.4 Å². The Balaban J connectivity index is 1.23. The van der Waals surface area contributed by atoms with Gasteiger partial charge >= 0.3 is 5.97 Å². The molecule has 5 rings (SSSR count). The van der Waals surface area contributed by atoms with Gasteiger partial charge in [0.1, 0.15) is 23.5 Å². The number of hydrogen-bond donors (Lipinski definition) is 1. The van der Waals surface area contributed by atoms with Crippen molar-refractivity contribution in [2.45, 2.75) is 30.9 Å². The van der Waals surface area contributed by atoms with Crippen LogP contribution in [0, 0.1) is 5.92 Å². The summed E-state index contributed by atoms with van der Waals surface area (Å²) in [5.74, 6) is -2.20. The van der Waals surface area contributed by atoms with E-state index >= 15 is 0 Å². The Morgan fingerprint density at radius 1 is 1.05 bits per heavy atom. The number of aryl methyl sites for hydroxylation is 1. The van der Waals surface area contributed by atoms with E-state index in [0.717, 1.165) is 16.5 Å². The van der Waals surface area contributed by atoms with E-state index in [1.54, 1.807) is 54.6 Å². The van der Waals surface area contributed by atoms with E-state index in [-0.39, 0.29) is 42.2 Å². The van der Waals surface area contributed by atoms with Gasteiger partial charge in [0.15, 0.2) is 21.4 Å². The summed E-state index contributed by atoms with van der Waals surface area (Å²) in [7, 11) is -3.28. The van der Waals surface area contributed by atoms with Gasteiger partial charge in [-0.05, 0) is 60.5 Å². The molecule has 3 aromatic carbocycles. The number of hydrogen-bond acceptors (Lipinski definition) is 9. The van der Waals surface area contributed by atoms with E-state index < -0.39 is 27.5 Å². The molecule has 0 radical (unpaired) electrons. The summed E-state index contributed by atoms with van der Waals surface area (Å²) in [6.45, 7) is 0.183. The minimum Gasteiger partial charge on any atom is -0.489 e. The molecule has 1 N–H and O–H groups in total. The smallest absolute Gasteiger partial charge is 0.307 e. The van der Waals surface area contributed by atoms with E-state index in [9.17, 15) is 27.9 Å². The lowest BCUT2D eigenvalue weighted by molar-refractivity contribution is -0.142. The number of aromatic nitrogens is 3. The van der Waals surface area contributed by atoms with Crippen LogP contribution in [0.15, 0.2) is 86.9 Å². The average molecular weight is 576 g/mol. The molecule has 11 nitrogen and oxygen atoms in total. The van der Waals surface area contributed by atoms with Crippen molar-refractivity contribution in [1.82, 2.24) is 15.0 Å². The molecule has 0 saturated carbocycles. The first-order valence-corrected chi connectivity index (χ1v) is 14.5. The van der Waals surface area contributed by atoms with Crippen LogP contribution in [0.2, 0.25) is 0 Å². The highest BCUT2D eigenvalue weighted by molar-refractivity contribution is 7.90. The third-order valence-electron chi connectivity index (χ3n) is 6.62. The molecule has 0 aliphatic carbocycles. The summed E-state index contributed by atoms with van der Waals surface area (Å²) in [4.78, 5) is 37.7. The lowest BCUT2D eigenvalue weighted by Crippen LogP contribution is -2.27. The topological polar surface area (TPSA) is 159 Å². The van der Waals surface area contributed by atoms with E-state index in [0.29, 0.717) is 27.6 Å². The van der Waals surface area contributed by atoms with E-state index in [1.165, 1.54) is 18.2 Å². The fraction of sp³-hybridized carbons (Fsp3) is 0.207. The highest BCUT2D eigenvalue weighted by Crippen LogP contribution is 2.27. The van der Waals surface area contributed by atoms with Crippen molar-refractivity contribution in [3.63, 3.8) is 0 Å². The summed E-state index contributed by atoms with van der Waals surface area (Å²) >= 11 is 0. The number of fused-ring (bicyclic) bond motifs is 2. The van der Waals surface area contributed by atoms with Crippen molar-refractivity contribution in [2.75, 3.05) is 6.26 Å². The molecule has 2 heterocycles. The fourth-order valence-corrected chi connectivity index (χ4v) is 4.96. The van der Waals surface area contributed by atoms with Crippen molar-refractivity contribution >= 4 is 43.5 Å². The van der Waals surface area contributed by atoms with E-state index in [2.05, 4.69) is 10.3 Å². The Hall–Kier alpha value is -4.84. The molecule has 0 bridgehead atoms. The van der Waals surface area contributed by atoms with Crippen LogP contribution in [0.3, 0.4) is 0 Å². The van der Waals surface area contributed by atoms with Crippen LogP contribution < -0.4 is 10.3 Å². The van der Waals surface area contributed by atoms with Crippen LogP contribution in [-0.4, -0.2) is 46.5 Å². The minimum absolute atomic E-state index is 0.00260. The Kier molecular flexibility index (Phi) is 7.66. The van der Waals surface area contributed by atoms with Gasteiger partial charge in [0, 0.05) is 24.6 Å². The maximum absolute atomic E-state index is 12.9. The molecule has 5 aromatic rings. The largest absolute Gasteiger partial charge is 0.489 e. The number of rotatable bonds is 11. The molecule has 210 valence electrons. The highest BCUT2D eigenvalue weighted by Gasteiger charge is 2.24.